The highest BCUT2D eigenvalue weighted by Crippen LogP contribution is 2.35. The van der Waals surface area contributed by atoms with E-state index in [-0.39, 0.29) is 31.4 Å². The van der Waals surface area contributed by atoms with Gasteiger partial charge in [-0.3, -0.25) is 4.79 Å². The van der Waals surface area contributed by atoms with Crippen molar-refractivity contribution >= 4 is 51.4 Å². The summed E-state index contributed by atoms with van der Waals surface area (Å²) in [4.78, 5) is 47.7. The second kappa shape index (κ2) is 10.8. The van der Waals surface area contributed by atoms with Crippen LogP contribution in [-0.4, -0.2) is 35.6 Å². The number of hydrogen-bond acceptors (Lipinski definition) is 6. The highest BCUT2D eigenvalue weighted by atomic mass is 35.5. The molecule has 1 unspecified atom stereocenters. The van der Waals surface area contributed by atoms with Crippen molar-refractivity contribution in [3.05, 3.63) is 69.2 Å². The third kappa shape index (κ3) is 5.75. The molecule has 0 bridgehead atoms. The Morgan fingerprint density at radius 1 is 1.11 bits per heavy atom. The van der Waals surface area contributed by atoms with E-state index in [1.165, 1.54) is 0 Å². The van der Waals surface area contributed by atoms with E-state index in [4.69, 9.17) is 26.2 Å². The molecule has 5 N–H and O–H groups in total. The van der Waals surface area contributed by atoms with Crippen molar-refractivity contribution in [2.45, 2.75) is 32.2 Å². The molecule has 4 aromatic rings. The third-order valence-electron chi connectivity index (χ3n) is 6.08. The molecule has 0 radical (unpaired) electrons. The van der Waals surface area contributed by atoms with Crippen molar-refractivity contribution in [2.75, 3.05) is 6.54 Å². The van der Waals surface area contributed by atoms with E-state index < -0.39 is 29.6 Å². The fourth-order valence-corrected chi connectivity index (χ4v) is 4.27. The summed E-state index contributed by atoms with van der Waals surface area (Å²) in [5.41, 5.74) is 7.52. The minimum absolute atomic E-state index is 0.0681. The number of primary amides is 1. The van der Waals surface area contributed by atoms with Gasteiger partial charge in [0, 0.05) is 34.0 Å². The normalized spacial score (nSPS) is 11.9. The lowest BCUT2D eigenvalue weighted by molar-refractivity contribution is -0.141. The molecule has 0 fully saturated rings. The largest absolute Gasteiger partial charge is 0.480 e. The van der Waals surface area contributed by atoms with Crippen LogP contribution in [0.1, 0.15) is 24.0 Å². The molecule has 0 aliphatic rings. The summed E-state index contributed by atoms with van der Waals surface area (Å²) in [6.07, 6.45) is 1.60. The van der Waals surface area contributed by atoms with Crippen LogP contribution in [0.15, 0.2) is 56.3 Å². The van der Waals surface area contributed by atoms with Gasteiger partial charge in [0.15, 0.2) is 0 Å². The van der Waals surface area contributed by atoms with Crippen LogP contribution in [-0.2, 0) is 16.0 Å². The van der Waals surface area contributed by atoms with Gasteiger partial charge in [-0.1, -0.05) is 23.7 Å². The van der Waals surface area contributed by atoms with Gasteiger partial charge < -0.3 is 30.3 Å². The SMILES string of the molecule is Cc1c(CC(=O)NC(CCCNC(N)=O)C(=O)O)c(=O)oc2cc3occ(-c4ccc(Cl)cc4)c3cc12. The Morgan fingerprint density at radius 3 is 2.51 bits per heavy atom. The summed E-state index contributed by atoms with van der Waals surface area (Å²) in [7, 11) is 0. The van der Waals surface area contributed by atoms with Gasteiger partial charge in [-0.05, 0) is 49.1 Å². The Kier molecular flexibility index (Phi) is 7.49. The maximum atomic E-state index is 12.7. The molecule has 4 rings (SSSR count). The van der Waals surface area contributed by atoms with Gasteiger partial charge in [-0.25, -0.2) is 14.4 Å². The number of aryl methyl sites for hydroxylation is 1. The van der Waals surface area contributed by atoms with E-state index in [1.807, 2.05) is 18.2 Å². The van der Waals surface area contributed by atoms with Crippen LogP contribution in [0, 0.1) is 6.92 Å². The van der Waals surface area contributed by atoms with Gasteiger partial charge in [-0.2, -0.15) is 0 Å². The number of halogens is 1. The van der Waals surface area contributed by atoms with Crippen LogP contribution in [0.2, 0.25) is 5.02 Å². The summed E-state index contributed by atoms with van der Waals surface area (Å²) in [5.74, 6) is -1.87. The molecule has 2 aromatic carbocycles. The molecular weight excluding hydrogens is 502 g/mol. The number of fused-ring (bicyclic) bond motifs is 2. The van der Waals surface area contributed by atoms with Gasteiger partial charge in [0.1, 0.15) is 17.2 Å². The predicted octanol–water partition coefficient (Wildman–Crippen LogP) is 3.73. The fourth-order valence-electron chi connectivity index (χ4n) is 4.15. The second-order valence-corrected chi connectivity index (χ2v) is 9.00. The third-order valence-corrected chi connectivity index (χ3v) is 6.33. The molecule has 11 heteroatoms. The molecule has 2 heterocycles. The van der Waals surface area contributed by atoms with Crippen molar-refractivity contribution in [2.24, 2.45) is 5.73 Å². The Morgan fingerprint density at radius 2 is 1.84 bits per heavy atom. The van der Waals surface area contributed by atoms with Crippen molar-refractivity contribution in [1.82, 2.24) is 10.6 Å². The zero-order chi connectivity index (χ0) is 26.7. The number of hydrogen-bond donors (Lipinski definition) is 4. The number of urea groups is 1. The second-order valence-electron chi connectivity index (χ2n) is 8.56. The van der Waals surface area contributed by atoms with Gasteiger partial charge in [-0.15, -0.1) is 0 Å². The number of furan rings is 1. The van der Waals surface area contributed by atoms with E-state index in [2.05, 4.69) is 10.6 Å². The first-order valence-corrected chi connectivity index (χ1v) is 11.8. The van der Waals surface area contributed by atoms with Crippen LogP contribution in [0.25, 0.3) is 33.1 Å². The zero-order valence-electron chi connectivity index (χ0n) is 19.8. The molecule has 10 nitrogen and oxygen atoms in total. The summed E-state index contributed by atoms with van der Waals surface area (Å²) in [6.45, 7) is 1.88. The van der Waals surface area contributed by atoms with Crippen LogP contribution in [0.5, 0.6) is 0 Å². The molecule has 1 atom stereocenters. The van der Waals surface area contributed by atoms with Crippen molar-refractivity contribution < 1.29 is 28.3 Å². The summed E-state index contributed by atoms with van der Waals surface area (Å²) in [6, 6.07) is 8.84. The van der Waals surface area contributed by atoms with E-state index in [0.29, 0.717) is 27.1 Å². The molecule has 0 aliphatic heterocycles. The van der Waals surface area contributed by atoms with Crippen molar-refractivity contribution in [3.63, 3.8) is 0 Å². The number of carbonyl (C=O) groups excluding carboxylic acids is 2. The minimum atomic E-state index is -1.23. The maximum absolute atomic E-state index is 12.7. The number of nitrogens with two attached hydrogens (primary N) is 1. The maximum Gasteiger partial charge on any atom is 0.340 e. The molecule has 3 amide bonds. The molecule has 0 saturated carbocycles. The van der Waals surface area contributed by atoms with Gasteiger partial charge in [0.25, 0.3) is 0 Å². The lowest BCUT2D eigenvalue weighted by Crippen LogP contribution is -2.42. The first-order valence-electron chi connectivity index (χ1n) is 11.4. The van der Waals surface area contributed by atoms with Gasteiger partial charge in [0.05, 0.1) is 18.2 Å². The lowest BCUT2D eigenvalue weighted by Gasteiger charge is -2.15. The number of rotatable bonds is 9. The quantitative estimate of drug-likeness (QED) is 0.191. The zero-order valence-corrected chi connectivity index (χ0v) is 20.6. The minimum Gasteiger partial charge on any atom is -0.480 e. The number of amides is 3. The monoisotopic (exact) mass is 525 g/mol. The number of carboxylic acid groups (broad SMARTS) is 1. The molecule has 2 aromatic heterocycles. The van der Waals surface area contributed by atoms with E-state index in [9.17, 15) is 24.3 Å². The average Bonchev–Trinajstić information content (AvgIpc) is 3.25. The fraction of sp³-hybridized carbons (Fsp3) is 0.231. The van der Waals surface area contributed by atoms with Gasteiger partial charge >= 0.3 is 17.6 Å². The number of aliphatic carboxylic acids is 1. The summed E-state index contributed by atoms with van der Waals surface area (Å²) >= 11 is 6.01. The summed E-state index contributed by atoms with van der Waals surface area (Å²) in [5, 5.41) is 16.2. The smallest absolute Gasteiger partial charge is 0.340 e. The molecule has 0 aliphatic carbocycles. The van der Waals surface area contributed by atoms with E-state index in [0.717, 1.165) is 16.5 Å². The van der Waals surface area contributed by atoms with Crippen LogP contribution in [0.3, 0.4) is 0 Å². The number of carboxylic acids is 1. The lowest BCUT2D eigenvalue weighted by atomic mass is 9.99. The molecular formula is C26H24ClN3O7. The van der Waals surface area contributed by atoms with Crippen LogP contribution < -0.4 is 22.0 Å². The molecule has 0 spiro atoms. The Balaban J connectivity index is 1.60. The van der Waals surface area contributed by atoms with E-state index >= 15 is 0 Å². The molecule has 37 heavy (non-hydrogen) atoms. The van der Waals surface area contributed by atoms with Crippen LogP contribution in [0.4, 0.5) is 4.79 Å². The highest BCUT2D eigenvalue weighted by molar-refractivity contribution is 6.30. The van der Waals surface area contributed by atoms with E-state index in [1.54, 1.807) is 31.4 Å². The first kappa shape index (κ1) is 25.8. The van der Waals surface area contributed by atoms with Crippen molar-refractivity contribution in [1.29, 1.82) is 0 Å². The highest BCUT2D eigenvalue weighted by Gasteiger charge is 2.22. The number of benzene rings is 2. The topological polar surface area (TPSA) is 165 Å². The Labute approximate surface area is 215 Å². The van der Waals surface area contributed by atoms with Crippen LogP contribution >= 0.6 is 11.6 Å². The van der Waals surface area contributed by atoms with Gasteiger partial charge in [0.2, 0.25) is 5.91 Å². The standard InChI is InChI=1S/C26H24ClN3O7/c1-13-16-9-18-19(14-4-6-15(27)7-5-14)12-36-21(18)11-22(16)37-25(34)17(13)10-23(31)30-20(24(32)33)3-2-8-29-26(28)35/h4-7,9,11-12,20H,2-3,8,10H2,1H3,(H,30,31)(H,32,33)(H3,28,29,35). The molecule has 0 saturated heterocycles. The average molecular weight is 526 g/mol. The Bertz CT molecular complexity index is 1560. The molecule has 192 valence electrons. The Hall–Kier alpha value is -4.31. The predicted molar refractivity (Wildman–Crippen MR) is 138 cm³/mol. The first-order chi connectivity index (χ1) is 17.6. The number of nitrogens with one attached hydrogen (secondary N) is 2. The summed E-state index contributed by atoms with van der Waals surface area (Å²) < 4.78 is 11.2. The number of carbonyl (C=O) groups is 3. The van der Waals surface area contributed by atoms with Crippen molar-refractivity contribution in [3.8, 4) is 11.1 Å².